The Morgan fingerprint density at radius 1 is 1.36 bits per heavy atom. The summed E-state index contributed by atoms with van der Waals surface area (Å²) in [4.78, 5) is 10.3. The van der Waals surface area contributed by atoms with Crippen LogP contribution >= 0.6 is 0 Å². The van der Waals surface area contributed by atoms with Crippen molar-refractivity contribution in [2.75, 3.05) is 13.1 Å². The number of nitrogens with zero attached hydrogens (tertiary/aromatic N) is 5. The normalized spacial score (nSPS) is 29.8. The van der Waals surface area contributed by atoms with Crippen LogP contribution in [0.5, 0.6) is 0 Å². The van der Waals surface area contributed by atoms with Gasteiger partial charge in [0.15, 0.2) is 0 Å². The summed E-state index contributed by atoms with van der Waals surface area (Å²) in [6, 6.07) is 8.13. The number of hydrogen-bond acceptors (Lipinski definition) is 3. The molecule has 1 aromatic heterocycles. The molecule has 0 radical (unpaired) electrons. The maximum atomic E-state index is 10.4. The third kappa shape index (κ3) is 3.19. The number of aromatic nitrogens is 1. The van der Waals surface area contributed by atoms with Crippen LogP contribution in [0.1, 0.15) is 43.5 Å². The van der Waals surface area contributed by atoms with Crippen molar-refractivity contribution in [2.45, 2.75) is 44.8 Å². The number of aliphatic hydroxyl groups excluding tert-OH is 1. The van der Waals surface area contributed by atoms with E-state index in [9.17, 15) is 5.11 Å². The molecule has 4 rings (SSSR count). The molecule has 2 fully saturated rings. The Hall–Kier alpha value is -2.68. The average molecular weight is 378 g/mol. The Kier molecular flexibility index (Phi) is 5.17. The van der Waals surface area contributed by atoms with Crippen LogP contribution < -0.4 is 0 Å². The molecule has 1 aliphatic carbocycles. The van der Waals surface area contributed by atoms with Crippen LogP contribution in [0.3, 0.4) is 0 Å². The van der Waals surface area contributed by atoms with E-state index in [4.69, 9.17) is 12.1 Å². The van der Waals surface area contributed by atoms with Gasteiger partial charge in [-0.15, -0.1) is 5.01 Å². The third-order valence-electron chi connectivity index (χ3n) is 6.83. The van der Waals surface area contributed by atoms with Gasteiger partial charge >= 0.3 is 0 Å². The smallest absolute Gasteiger partial charge is 0.137 e. The quantitative estimate of drug-likeness (QED) is 0.351. The van der Waals surface area contributed by atoms with Crippen LogP contribution in [0, 0.1) is 24.3 Å². The number of piperidine rings is 1. The number of para-hydroxylation sites is 1. The van der Waals surface area contributed by atoms with E-state index in [1.165, 1.54) is 0 Å². The lowest BCUT2D eigenvalue weighted by molar-refractivity contribution is -0.0357. The molecule has 0 amide bonds. The second kappa shape index (κ2) is 7.75. The summed E-state index contributed by atoms with van der Waals surface area (Å²) in [5.74, 6) is 1.15. The second-order valence-electron chi connectivity index (χ2n) is 8.17. The first-order valence-electron chi connectivity index (χ1n) is 10.1. The first-order valence-corrected chi connectivity index (χ1v) is 10.1. The van der Waals surface area contributed by atoms with E-state index in [-0.39, 0.29) is 18.1 Å². The van der Waals surface area contributed by atoms with Crippen molar-refractivity contribution in [3.8, 4) is 0 Å². The standard InChI is InChI=1S/C21H26N6O/c1-13-17-11-19(27(23-2)12-14(17)7-8-20(13)28)21-16(9-10-24-26-22)15-5-3-4-6-18(15)25-21/h3-6,13-14,17,19-20,25,28H,7-12H2,1H3/t13-,14+,17-,19+,20+/m1/s1. The van der Waals surface area contributed by atoms with Crippen molar-refractivity contribution in [3.63, 3.8) is 0 Å². The van der Waals surface area contributed by atoms with Crippen molar-refractivity contribution in [3.05, 3.63) is 57.5 Å². The van der Waals surface area contributed by atoms with Crippen molar-refractivity contribution in [2.24, 2.45) is 22.9 Å². The molecule has 1 aliphatic heterocycles. The number of nitrogens with one attached hydrogen (secondary N) is 1. The number of azide groups is 1. The number of H-pyrrole nitrogens is 1. The van der Waals surface area contributed by atoms with E-state index >= 15 is 0 Å². The highest BCUT2D eigenvalue weighted by Crippen LogP contribution is 2.47. The Labute approximate surface area is 164 Å². The largest absolute Gasteiger partial charge is 0.393 e. The highest BCUT2D eigenvalue weighted by Gasteiger charge is 2.46. The van der Waals surface area contributed by atoms with Gasteiger partial charge in [0.1, 0.15) is 6.04 Å². The summed E-state index contributed by atoms with van der Waals surface area (Å²) in [6.07, 6.45) is 3.10. The van der Waals surface area contributed by atoms with Crippen LogP contribution in [0.25, 0.3) is 26.3 Å². The monoisotopic (exact) mass is 378 g/mol. The zero-order valence-electron chi connectivity index (χ0n) is 16.1. The van der Waals surface area contributed by atoms with Gasteiger partial charge in [-0.2, -0.15) is 11.5 Å². The minimum absolute atomic E-state index is 0.0278. The first kappa shape index (κ1) is 18.7. The summed E-state index contributed by atoms with van der Waals surface area (Å²) in [7, 11) is 0. The predicted octanol–water partition coefficient (Wildman–Crippen LogP) is 4.62. The summed E-state index contributed by atoms with van der Waals surface area (Å²) in [5, 5.41) is 17.1. The van der Waals surface area contributed by atoms with E-state index in [1.54, 1.807) is 0 Å². The molecular weight excluding hydrogens is 352 g/mol. The molecular formula is C21H26N6O. The number of hydrogen-bond donors (Lipinski definition) is 2. The molecule has 7 heteroatoms. The van der Waals surface area contributed by atoms with Gasteiger partial charge in [0.25, 0.3) is 0 Å². The van der Waals surface area contributed by atoms with E-state index in [0.717, 1.165) is 48.0 Å². The predicted molar refractivity (Wildman–Crippen MR) is 108 cm³/mol. The van der Waals surface area contributed by atoms with E-state index in [2.05, 4.69) is 39.0 Å². The van der Waals surface area contributed by atoms with E-state index in [0.29, 0.717) is 24.8 Å². The summed E-state index contributed by atoms with van der Waals surface area (Å²) < 4.78 is 0. The molecule has 0 bridgehead atoms. The Morgan fingerprint density at radius 2 is 2.18 bits per heavy atom. The minimum Gasteiger partial charge on any atom is -0.393 e. The van der Waals surface area contributed by atoms with Gasteiger partial charge in [-0.05, 0) is 60.6 Å². The molecule has 146 valence electrons. The van der Waals surface area contributed by atoms with Gasteiger partial charge in [0, 0.05) is 28.1 Å². The van der Waals surface area contributed by atoms with E-state index < -0.39 is 0 Å². The van der Waals surface area contributed by atoms with Gasteiger partial charge in [-0.1, -0.05) is 30.2 Å². The molecule has 28 heavy (non-hydrogen) atoms. The van der Waals surface area contributed by atoms with Gasteiger partial charge in [-0.25, -0.2) is 0 Å². The first-order chi connectivity index (χ1) is 13.6. The van der Waals surface area contributed by atoms with Crippen molar-refractivity contribution < 1.29 is 5.11 Å². The molecule has 5 atom stereocenters. The molecule has 7 nitrogen and oxygen atoms in total. The van der Waals surface area contributed by atoms with Gasteiger partial charge < -0.3 is 10.1 Å². The fourth-order valence-corrected chi connectivity index (χ4v) is 5.32. The fourth-order valence-electron chi connectivity index (χ4n) is 5.32. The van der Waals surface area contributed by atoms with Gasteiger partial charge in [-0.3, -0.25) is 0 Å². The highest BCUT2D eigenvalue weighted by molar-refractivity contribution is 5.84. The van der Waals surface area contributed by atoms with Crippen LogP contribution in [-0.2, 0) is 6.42 Å². The lowest BCUT2D eigenvalue weighted by atomic mass is 9.66. The summed E-state index contributed by atoms with van der Waals surface area (Å²) >= 11 is 0. The van der Waals surface area contributed by atoms with E-state index in [1.807, 2.05) is 17.1 Å². The number of aromatic amines is 1. The molecule has 1 aromatic carbocycles. The minimum atomic E-state index is -0.242. The summed E-state index contributed by atoms with van der Waals surface area (Å²) in [5.41, 5.74) is 11.9. The highest BCUT2D eigenvalue weighted by atomic mass is 16.3. The van der Waals surface area contributed by atoms with Gasteiger partial charge in [0.2, 0.25) is 0 Å². The topological polar surface area (TPSA) is 92.4 Å². The number of aliphatic hydroxyl groups is 1. The van der Waals surface area contributed by atoms with Crippen molar-refractivity contribution in [1.82, 2.24) is 9.99 Å². The second-order valence-corrected chi connectivity index (χ2v) is 8.17. The van der Waals surface area contributed by atoms with Crippen LogP contribution in [-0.4, -0.2) is 34.3 Å². The lowest BCUT2D eigenvalue weighted by Crippen LogP contribution is -2.47. The third-order valence-corrected chi connectivity index (χ3v) is 6.83. The summed E-state index contributed by atoms with van der Waals surface area (Å²) in [6.45, 7) is 11.1. The SMILES string of the molecule is [C-]#[N+]N1C[C@@H]2CC[C@H](O)[C@H](C)[C@H]2C[C@H]1c1[nH]c2ccccc2c1CCN=[N+]=[N-]. The molecule has 1 saturated carbocycles. The van der Waals surface area contributed by atoms with Gasteiger partial charge in [0.05, 0.1) is 12.6 Å². The zero-order valence-corrected chi connectivity index (χ0v) is 16.1. The zero-order chi connectivity index (χ0) is 19.7. The fraction of sp³-hybridized carbons (Fsp3) is 0.571. The Morgan fingerprint density at radius 3 is 2.96 bits per heavy atom. The molecule has 2 N–H and O–H groups in total. The van der Waals surface area contributed by atoms with Crippen LogP contribution in [0.4, 0.5) is 0 Å². The van der Waals surface area contributed by atoms with Crippen molar-refractivity contribution >= 4 is 10.9 Å². The van der Waals surface area contributed by atoms with Crippen LogP contribution in [0.15, 0.2) is 29.4 Å². The van der Waals surface area contributed by atoms with Crippen molar-refractivity contribution in [1.29, 1.82) is 0 Å². The Bertz CT molecular complexity index is 940. The number of benzene rings is 1. The molecule has 2 aromatic rings. The molecule has 0 unspecified atom stereocenters. The molecule has 2 heterocycles. The Balaban J connectivity index is 1.73. The van der Waals surface area contributed by atoms with Crippen LogP contribution in [0.2, 0.25) is 0 Å². The molecule has 2 aliphatic rings. The number of rotatable bonds is 4. The maximum absolute atomic E-state index is 10.4. The lowest BCUT2D eigenvalue weighted by Gasteiger charge is -2.45. The average Bonchev–Trinajstić information content (AvgIpc) is 3.09. The molecule has 0 spiro atoms. The molecule has 1 saturated heterocycles. The maximum Gasteiger partial charge on any atom is 0.137 e. The number of fused-ring (bicyclic) bond motifs is 2.